The van der Waals surface area contributed by atoms with Crippen LogP contribution in [0, 0.1) is 5.82 Å². The van der Waals surface area contributed by atoms with Crippen LogP contribution in [0.1, 0.15) is 28.2 Å². The molecule has 0 saturated carbocycles. The number of amides is 1. The van der Waals surface area contributed by atoms with Crippen LogP contribution in [0.15, 0.2) is 35.3 Å². The number of carboxylic acid groups (broad SMARTS) is 1. The number of hydrogen-bond acceptors (Lipinski definition) is 4. The molecule has 8 nitrogen and oxygen atoms in total. The van der Waals surface area contributed by atoms with Crippen LogP contribution >= 0.6 is 0 Å². The Bertz CT molecular complexity index is 1150. The third-order valence-electron chi connectivity index (χ3n) is 4.80. The first-order valence-electron chi connectivity index (χ1n) is 8.80. The molecule has 3 aromatic rings. The number of nitrogens with one attached hydrogen (secondary N) is 1. The van der Waals surface area contributed by atoms with Crippen LogP contribution in [-0.4, -0.2) is 43.2 Å². The topological polar surface area (TPSA) is 108 Å². The Kier molecular flexibility index (Phi) is 4.42. The predicted octanol–water partition coefficient (Wildman–Crippen LogP) is 1.54. The number of fused-ring (bicyclic) bond motifs is 2. The van der Waals surface area contributed by atoms with E-state index in [0.717, 1.165) is 11.8 Å². The largest absolute Gasteiger partial charge is 0.481 e. The van der Waals surface area contributed by atoms with Gasteiger partial charge in [-0.3, -0.25) is 19.1 Å². The average Bonchev–Trinajstić information content (AvgIpc) is 3.09. The minimum Gasteiger partial charge on any atom is -0.481 e. The minimum absolute atomic E-state index is 0.0118. The van der Waals surface area contributed by atoms with Gasteiger partial charge in [0.05, 0.1) is 30.9 Å². The number of aromatic nitrogens is 3. The van der Waals surface area contributed by atoms with Crippen molar-refractivity contribution in [3.05, 3.63) is 63.5 Å². The van der Waals surface area contributed by atoms with Crippen molar-refractivity contribution in [2.24, 2.45) is 0 Å². The van der Waals surface area contributed by atoms with Crippen molar-refractivity contribution >= 4 is 22.8 Å². The predicted molar refractivity (Wildman–Crippen MR) is 97.5 cm³/mol. The van der Waals surface area contributed by atoms with Crippen LogP contribution in [0.2, 0.25) is 0 Å². The number of carbonyl (C=O) groups excluding carboxylic acids is 1. The van der Waals surface area contributed by atoms with Gasteiger partial charge in [0.2, 0.25) is 5.43 Å². The highest BCUT2D eigenvalue weighted by molar-refractivity contribution is 5.97. The summed E-state index contributed by atoms with van der Waals surface area (Å²) >= 11 is 0. The first-order chi connectivity index (χ1) is 13.4. The summed E-state index contributed by atoms with van der Waals surface area (Å²) in [5.41, 5.74) is 1.34. The van der Waals surface area contributed by atoms with Crippen LogP contribution in [0.25, 0.3) is 10.9 Å². The first-order valence-corrected chi connectivity index (χ1v) is 8.80. The molecule has 144 valence electrons. The molecule has 0 atom stereocenters. The Morgan fingerprint density at radius 1 is 1.25 bits per heavy atom. The van der Waals surface area contributed by atoms with Gasteiger partial charge in [0.1, 0.15) is 11.4 Å². The molecule has 9 heteroatoms. The zero-order chi connectivity index (χ0) is 19.8. The second-order valence-corrected chi connectivity index (χ2v) is 6.69. The zero-order valence-electron chi connectivity index (χ0n) is 14.8. The maximum Gasteiger partial charge on any atom is 0.303 e. The number of pyridine rings is 1. The van der Waals surface area contributed by atoms with Gasteiger partial charge in [0.25, 0.3) is 5.91 Å². The van der Waals surface area contributed by atoms with Gasteiger partial charge in [-0.05, 0) is 24.3 Å². The molecule has 0 aliphatic carbocycles. The van der Waals surface area contributed by atoms with E-state index in [9.17, 15) is 18.8 Å². The van der Waals surface area contributed by atoms with E-state index in [1.807, 2.05) is 0 Å². The molecule has 0 bridgehead atoms. The number of carboxylic acids is 1. The van der Waals surface area contributed by atoms with Crippen molar-refractivity contribution in [3.63, 3.8) is 0 Å². The number of carbonyl (C=O) groups is 2. The Balaban J connectivity index is 1.58. The summed E-state index contributed by atoms with van der Waals surface area (Å²) in [7, 11) is 0. The van der Waals surface area contributed by atoms with Crippen LogP contribution in [-0.2, 0) is 24.3 Å². The van der Waals surface area contributed by atoms with Crippen molar-refractivity contribution in [1.29, 1.82) is 0 Å². The molecule has 2 aromatic heterocycles. The third-order valence-corrected chi connectivity index (χ3v) is 4.80. The van der Waals surface area contributed by atoms with Gasteiger partial charge >= 0.3 is 5.97 Å². The highest BCUT2D eigenvalue weighted by Crippen LogP contribution is 2.17. The van der Waals surface area contributed by atoms with Gasteiger partial charge < -0.3 is 15.0 Å². The number of H-pyrrole nitrogens is 1. The van der Waals surface area contributed by atoms with Crippen molar-refractivity contribution in [2.75, 3.05) is 6.54 Å². The van der Waals surface area contributed by atoms with E-state index in [4.69, 9.17) is 5.11 Å². The highest BCUT2D eigenvalue weighted by Gasteiger charge is 2.25. The van der Waals surface area contributed by atoms with Crippen molar-refractivity contribution in [3.8, 4) is 0 Å². The van der Waals surface area contributed by atoms with E-state index in [1.54, 1.807) is 10.7 Å². The third kappa shape index (κ3) is 3.26. The lowest BCUT2D eigenvalue weighted by atomic mass is 10.1. The van der Waals surface area contributed by atoms with Gasteiger partial charge in [-0.15, -0.1) is 0 Å². The Hall–Kier alpha value is -3.49. The number of benzene rings is 1. The van der Waals surface area contributed by atoms with Crippen molar-refractivity contribution in [2.45, 2.75) is 25.9 Å². The minimum atomic E-state index is -0.894. The highest BCUT2D eigenvalue weighted by atomic mass is 19.1. The first kappa shape index (κ1) is 17.9. The fourth-order valence-corrected chi connectivity index (χ4v) is 3.38. The molecule has 0 spiro atoms. The fourth-order valence-electron chi connectivity index (χ4n) is 3.38. The molecule has 2 N–H and O–H groups in total. The van der Waals surface area contributed by atoms with E-state index in [1.165, 1.54) is 23.2 Å². The van der Waals surface area contributed by atoms with E-state index in [0.29, 0.717) is 30.7 Å². The van der Waals surface area contributed by atoms with E-state index < -0.39 is 23.1 Å². The summed E-state index contributed by atoms with van der Waals surface area (Å²) in [6, 6.07) is 5.60. The summed E-state index contributed by atoms with van der Waals surface area (Å²) in [5, 5.41) is 13.3. The average molecular weight is 384 g/mol. The number of aliphatic carboxylic acids is 1. The lowest BCUT2D eigenvalue weighted by Gasteiger charge is -2.27. The molecule has 3 heterocycles. The van der Waals surface area contributed by atoms with E-state index in [2.05, 4.69) is 10.1 Å². The molecule has 1 aliphatic rings. The molecule has 28 heavy (non-hydrogen) atoms. The maximum atomic E-state index is 13.5. The van der Waals surface area contributed by atoms with E-state index in [-0.39, 0.29) is 23.9 Å². The van der Waals surface area contributed by atoms with Gasteiger partial charge in [-0.2, -0.15) is 5.10 Å². The maximum absolute atomic E-state index is 13.5. The van der Waals surface area contributed by atoms with Gasteiger partial charge in [-0.1, -0.05) is 0 Å². The summed E-state index contributed by atoms with van der Waals surface area (Å²) in [4.78, 5) is 40.7. The SMILES string of the molecule is O=C(O)CCc1cc2n(n1)CCN(C(=O)c1c[nH]c3ccc(F)cc3c1=O)C2. The molecule has 1 aliphatic heterocycles. The lowest BCUT2D eigenvalue weighted by Crippen LogP contribution is -2.40. The van der Waals surface area contributed by atoms with Crippen LogP contribution in [0.5, 0.6) is 0 Å². The quantitative estimate of drug-likeness (QED) is 0.709. The molecule has 1 amide bonds. The molecule has 0 fully saturated rings. The summed E-state index contributed by atoms with van der Waals surface area (Å²) in [5.74, 6) is -1.87. The van der Waals surface area contributed by atoms with Crippen molar-refractivity contribution in [1.82, 2.24) is 19.7 Å². The van der Waals surface area contributed by atoms with E-state index >= 15 is 0 Å². The monoisotopic (exact) mass is 384 g/mol. The summed E-state index contributed by atoms with van der Waals surface area (Å²) < 4.78 is 15.2. The molecule has 4 rings (SSSR count). The number of hydrogen-bond donors (Lipinski definition) is 2. The van der Waals surface area contributed by atoms with Crippen molar-refractivity contribution < 1.29 is 19.1 Å². The van der Waals surface area contributed by atoms with Crippen LogP contribution in [0.3, 0.4) is 0 Å². The Morgan fingerprint density at radius 3 is 2.86 bits per heavy atom. The molecular formula is C19H17FN4O4. The number of nitrogens with zero attached hydrogens (tertiary/aromatic N) is 3. The lowest BCUT2D eigenvalue weighted by molar-refractivity contribution is -0.136. The smallest absolute Gasteiger partial charge is 0.303 e. The Labute approximate surface area is 158 Å². The molecule has 0 radical (unpaired) electrons. The van der Waals surface area contributed by atoms with Gasteiger partial charge in [0.15, 0.2) is 0 Å². The number of rotatable bonds is 4. The molecule has 0 saturated heterocycles. The van der Waals surface area contributed by atoms with Crippen LogP contribution in [0.4, 0.5) is 4.39 Å². The fraction of sp³-hybridized carbons (Fsp3) is 0.263. The second kappa shape index (κ2) is 6.91. The molecule has 0 unspecified atom stereocenters. The standard InChI is InChI=1S/C19H17FN4O4/c20-11-1-3-16-14(7-11)18(27)15(9-21-16)19(28)23-5-6-24-13(10-23)8-12(22-24)2-4-17(25)26/h1,3,7-9H,2,4-6,10H2,(H,21,27)(H,25,26). The van der Waals surface area contributed by atoms with Crippen LogP contribution < -0.4 is 5.43 Å². The number of aromatic amines is 1. The zero-order valence-corrected chi connectivity index (χ0v) is 14.8. The number of halogens is 1. The number of aryl methyl sites for hydroxylation is 1. The summed E-state index contributed by atoms with van der Waals surface area (Å²) in [6.45, 7) is 1.08. The van der Waals surface area contributed by atoms with Gasteiger partial charge in [-0.25, -0.2) is 4.39 Å². The molecular weight excluding hydrogens is 367 g/mol. The van der Waals surface area contributed by atoms with Gasteiger partial charge in [0, 0.05) is 30.1 Å². The normalized spacial score (nSPS) is 13.5. The summed E-state index contributed by atoms with van der Waals surface area (Å²) in [6.07, 6.45) is 1.66. The molecule has 1 aromatic carbocycles. The Morgan fingerprint density at radius 2 is 2.07 bits per heavy atom. The second-order valence-electron chi connectivity index (χ2n) is 6.69.